The first kappa shape index (κ1) is 22.8. The number of hydrogen-bond acceptors (Lipinski definition) is 6. The minimum atomic E-state index is -0.0611. The van der Waals surface area contributed by atoms with Crippen LogP contribution in [-0.4, -0.2) is 72.4 Å². The van der Waals surface area contributed by atoms with Crippen LogP contribution < -0.4 is 10.6 Å². The molecule has 0 aliphatic carbocycles. The highest BCUT2D eigenvalue weighted by molar-refractivity contribution is 7.15. The molecule has 28 heavy (non-hydrogen) atoms. The Balaban J connectivity index is 1.71. The molecule has 2 N–H and O–H groups in total. The molecule has 1 aliphatic heterocycles. The Morgan fingerprint density at radius 2 is 2.04 bits per heavy atom. The van der Waals surface area contributed by atoms with Crippen LogP contribution in [-0.2, 0) is 9.59 Å². The van der Waals surface area contributed by atoms with Gasteiger partial charge in [0.2, 0.25) is 11.8 Å². The lowest BCUT2D eigenvalue weighted by molar-refractivity contribution is -0.128. The molecule has 1 saturated heterocycles. The molecule has 158 valence electrons. The van der Waals surface area contributed by atoms with Crippen molar-refractivity contribution in [1.82, 2.24) is 20.1 Å². The second-order valence-corrected chi connectivity index (χ2v) is 8.66. The van der Waals surface area contributed by atoms with E-state index in [1.807, 2.05) is 13.8 Å². The minimum Gasteiger partial charge on any atom is -0.356 e. The monoisotopic (exact) mass is 409 g/mol. The Morgan fingerprint density at radius 3 is 2.68 bits per heavy atom. The van der Waals surface area contributed by atoms with Crippen molar-refractivity contribution in [3.63, 3.8) is 0 Å². The topological polar surface area (TPSA) is 77.6 Å². The van der Waals surface area contributed by atoms with Crippen molar-refractivity contribution in [3.8, 4) is 0 Å². The van der Waals surface area contributed by atoms with Gasteiger partial charge in [0.05, 0.1) is 18.2 Å². The highest BCUT2D eigenvalue weighted by Crippen LogP contribution is 2.21. The Kier molecular flexibility index (Phi) is 9.34. The average molecular weight is 410 g/mol. The first-order valence-corrected chi connectivity index (χ1v) is 11.2. The molecule has 8 heteroatoms. The van der Waals surface area contributed by atoms with Crippen LogP contribution in [0.25, 0.3) is 0 Å². The lowest BCUT2D eigenvalue weighted by atomic mass is 9.97. The quantitative estimate of drug-likeness (QED) is 0.580. The summed E-state index contributed by atoms with van der Waals surface area (Å²) in [7, 11) is 0. The van der Waals surface area contributed by atoms with E-state index >= 15 is 0 Å². The van der Waals surface area contributed by atoms with Gasteiger partial charge in [0.1, 0.15) is 0 Å². The smallest absolute Gasteiger partial charge is 0.240 e. The number of piperidine rings is 1. The summed E-state index contributed by atoms with van der Waals surface area (Å²) in [5.74, 6) is 0.0317. The summed E-state index contributed by atoms with van der Waals surface area (Å²) in [6.45, 7) is 13.9. The van der Waals surface area contributed by atoms with Gasteiger partial charge in [-0.3, -0.25) is 14.5 Å². The molecule has 1 unspecified atom stereocenters. The summed E-state index contributed by atoms with van der Waals surface area (Å²) < 4.78 is 0. The molecule has 0 aromatic carbocycles. The van der Waals surface area contributed by atoms with Crippen molar-refractivity contribution in [2.75, 3.05) is 51.1 Å². The summed E-state index contributed by atoms with van der Waals surface area (Å²) in [5.41, 5.74) is 0.955. The van der Waals surface area contributed by atoms with Crippen molar-refractivity contribution in [1.29, 1.82) is 0 Å². The third-order valence-electron chi connectivity index (χ3n) is 5.36. The van der Waals surface area contributed by atoms with Gasteiger partial charge in [-0.15, -0.1) is 11.3 Å². The van der Waals surface area contributed by atoms with E-state index in [9.17, 15) is 9.59 Å². The number of thiazole rings is 1. The Labute approximate surface area is 172 Å². The SMILES string of the molecule is CCN(CC)CCCNC(=O)C1CCCN(CC(=O)Nc2nc(C)c(C)s2)C1. The third kappa shape index (κ3) is 7.14. The number of amides is 2. The molecule has 1 aromatic rings. The van der Waals surface area contributed by atoms with Gasteiger partial charge in [-0.05, 0) is 59.3 Å². The van der Waals surface area contributed by atoms with Gasteiger partial charge in [-0.25, -0.2) is 4.98 Å². The number of hydrogen-bond donors (Lipinski definition) is 2. The minimum absolute atomic E-state index is 0.0284. The molecule has 0 bridgehead atoms. The molecular formula is C20H35N5O2S. The van der Waals surface area contributed by atoms with E-state index in [1.54, 1.807) is 0 Å². The Bertz CT molecular complexity index is 625. The molecule has 2 rings (SSSR count). The molecule has 2 heterocycles. The van der Waals surface area contributed by atoms with Crippen LogP contribution in [0.15, 0.2) is 0 Å². The zero-order chi connectivity index (χ0) is 20.5. The van der Waals surface area contributed by atoms with E-state index < -0.39 is 0 Å². The molecule has 2 amide bonds. The van der Waals surface area contributed by atoms with Crippen LogP contribution in [0.2, 0.25) is 0 Å². The molecule has 0 spiro atoms. The second-order valence-electron chi connectivity index (χ2n) is 7.45. The predicted octanol–water partition coefficient (Wildman–Crippen LogP) is 2.26. The van der Waals surface area contributed by atoms with Gasteiger partial charge >= 0.3 is 0 Å². The van der Waals surface area contributed by atoms with Gasteiger partial charge in [-0.1, -0.05) is 13.8 Å². The molecule has 0 saturated carbocycles. The largest absolute Gasteiger partial charge is 0.356 e. The summed E-state index contributed by atoms with van der Waals surface area (Å²) in [6, 6.07) is 0. The molecule has 1 aliphatic rings. The van der Waals surface area contributed by atoms with Crippen LogP contribution in [0.3, 0.4) is 0 Å². The van der Waals surface area contributed by atoms with E-state index in [0.717, 1.165) is 62.6 Å². The van der Waals surface area contributed by atoms with E-state index in [1.165, 1.54) is 11.3 Å². The zero-order valence-electron chi connectivity index (χ0n) is 17.7. The Morgan fingerprint density at radius 1 is 1.29 bits per heavy atom. The average Bonchev–Trinajstić information content (AvgIpc) is 2.98. The van der Waals surface area contributed by atoms with Crippen molar-refractivity contribution >= 4 is 28.3 Å². The van der Waals surface area contributed by atoms with Crippen LogP contribution >= 0.6 is 11.3 Å². The van der Waals surface area contributed by atoms with Crippen LogP contribution in [0.4, 0.5) is 5.13 Å². The second kappa shape index (κ2) is 11.5. The maximum Gasteiger partial charge on any atom is 0.240 e. The van der Waals surface area contributed by atoms with Gasteiger partial charge in [0.25, 0.3) is 0 Å². The van der Waals surface area contributed by atoms with Crippen molar-refractivity contribution in [2.45, 2.75) is 47.0 Å². The fourth-order valence-corrected chi connectivity index (χ4v) is 4.33. The maximum absolute atomic E-state index is 12.5. The number of anilines is 1. The van der Waals surface area contributed by atoms with E-state index in [-0.39, 0.29) is 17.7 Å². The number of nitrogens with one attached hydrogen (secondary N) is 2. The van der Waals surface area contributed by atoms with Crippen molar-refractivity contribution < 1.29 is 9.59 Å². The van der Waals surface area contributed by atoms with E-state index in [4.69, 9.17) is 0 Å². The maximum atomic E-state index is 12.5. The normalized spacial score (nSPS) is 17.7. The number of aromatic nitrogens is 1. The first-order valence-electron chi connectivity index (χ1n) is 10.4. The number of likely N-dealkylation sites (tertiary alicyclic amines) is 1. The van der Waals surface area contributed by atoms with E-state index in [0.29, 0.717) is 18.2 Å². The lowest BCUT2D eigenvalue weighted by Gasteiger charge is -2.31. The number of carbonyl (C=O) groups is 2. The molecular weight excluding hydrogens is 374 g/mol. The van der Waals surface area contributed by atoms with Gasteiger partial charge in [0.15, 0.2) is 5.13 Å². The molecule has 0 radical (unpaired) electrons. The summed E-state index contributed by atoms with van der Waals surface area (Å²) in [5, 5.41) is 6.61. The first-order chi connectivity index (χ1) is 13.4. The predicted molar refractivity (Wildman–Crippen MR) is 115 cm³/mol. The van der Waals surface area contributed by atoms with E-state index in [2.05, 4.69) is 39.3 Å². The number of rotatable bonds is 10. The standard InChI is InChI=1S/C20H35N5O2S/c1-5-24(6-2)12-8-10-21-19(27)17-9-7-11-25(13-17)14-18(26)23-20-22-15(3)16(4)28-20/h17H,5-14H2,1-4H3,(H,21,27)(H,22,23,26). The highest BCUT2D eigenvalue weighted by Gasteiger charge is 2.26. The fraction of sp³-hybridized carbons (Fsp3) is 0.750. The lowest BCUT2D eigenvalue weighted by Crippen LogP contribution is -2.45. The van der Waals surface area contributed by atoms with Crippen LogP contribution in [0.5, 0.6) is 0 Å². The van der Waals surface area contributed by atoms with Crippen molar-refractivity contribution in [2.24, 2.45) is 5.92 Å². The van der Waals surface area contributed by atoms with Gasteiger partial charge in [0, 0.05) is 18.0 Å². The summed E-state index contributed by atoms with van der Waals surface area (Å²) >= 11 is 1.50. The number of nitrogens with zero attached hydrogens (tertiary/aromatic N) is 3. The number of aryl methyl sites for hydroxylation is 2. The molecule has 1 atom stereocenters. The van der Waals surface area contributed by atoms with Crippen LogP contribution in [0, 0.1) is 19.8 Å². The summed E-state index contributed by atoms with van der Waals surface area (Å²) in [4.78, 5) is 34.7. The fourth-order valence-electron chi connectivity index (χ4n) is 3.50. The van der Waals surface area contributed by atoms with Gasteiger partial charge in [-0.2, -0.15) is 0 Å². The summed E-state index contributed by atoms with van der Waals surface area (Å²) in [6.07, 6.45) is 2.81. The highest BCUT2D eigenvalue weighted by atomic mass is 32.1. The number of carbonyl (C=O) groups excluding carboxylic acids is 2. The Hall–Kier alpha value is -1.51. The van der Waals surface area contributed by atoms with Crippen molar-refractivity contribution in [3.05, 3.63) is 10.6 Å². The molecule has 7 nitrogen and oxygen atoms in total. The van der Waals surface area contributed by atoms with Crippen LogP contribution in [0.1, 0.15) is 43.7 Å². The zero-order valence-corrected chi connectivity index (χ0v) is 18.5. The molecule has 1 fully saturated rings. The third-order valence-corrected chi connectivity index (χ3v) is 6.35. The molecule has 1 aromatic heterocycles. The van der Waals surface area contributed by atoms with Gasteiger partial charge < -0.3 is 15.5 Å².